The lowest BCUT2D eigenvalue weighted by Crippen LogP contribution is -2.57. The molecule has 0 aromatic heterocycles. The fourth-order valence-electron chi connectivity index (χ4n) is 2.58. The van der Waals surface area contributed by atoms with E-state index in [0.29, 0.717) is 18.8 Å². The van der Waals surface area contributed by atoms with Crippen LogP contribution in [0.1, 0.15) is 52.4 Å². The normalized spacial score (nSPS) is 29.6. The van der Waals surface area contributed by atoms with E-state index in [4.69, 9.17) is 10.8 Å². The first kappa shape index (κ1) is 15.0. The number of carbonyl (C=O) groups is 2. The number of carboxylic acid groups (broad SMARTS) is 1. The molecule has 1 fully saturated rings. The van der Waals surface area contributed by atoms with Crippen LogP contribution in [-0.4, -0.2) is 28.6 Å². The van der Waals surface area contributed by atoms with Crippen molar-refractivity contribution in [1.82, 2.24) is 5.32 Å². The van der Waals surface area contributed by atoms with E-state index < -0.39 is 11.5 Å². The van der Waals surface area contributed by atoms with Crippen LogP contribution in [0.2, 0.25) is 0 Å². The van der Waals surface area contributed by atoms with Crippen LogP contribution < -0.4 is 11.1 Å². The molecule has 0 aromatic rings. The molecule has 0 spiro atoms. The molecule has 4 N–H and O–H groups in total. The Morgan fingerprint density at radius 1 is 1.56 bits per heavy atom. The van der Waals surface area contributed by atoms with Gasteiger partial charge in [0, 0.05) is 12.5 Å². The maximum absolute atomic E-state index is 12.1. The summed E-state index contributed by atoms with van der Waals surface area (Å²) in [5, 5.41) is 11.4. The molecule has 0 aliphatic heterocycles. The second-order valence-corrected chi connectivity index (χ2v) is 5.66. The molecule has 0 heterocycles. The molecule has 104 valence electrons. The molecule has 1 rings (SSSR count). The zero-order valence-corrected chi connectivity index (χ0v) is 11.2. The van der Waals surface area contributed by atoms with Gasteiger partial charge < -0.3 is 16.2 Å². The van der Waals surface area contributed by atoms with Gasteiger partial charge in [0.2, 0.25) is 5.91 Å². The molecule has 1 aliphatic carbocycles. The molecule has 3 atom stereocenters. The molecule has 5 heteroatoms. The summed E-state index contributed by atoms with van der Waals surface area (Å²) in [4.78, 5) is 22.6. The first-order valence-corrected chi connectivity index (χ1v) is 6.65. The zero-order valence-electron chi connectivity index (χ0n) is 11.2. The van der Waals surface area contributed by atoms with E-state index in [-0.39, 0.29) is 18.4 Å². The van der Waals surface area contributed by atoms with Crippen LogP contribution in [0.3, 0.4) is 0 Å². The largest absolute Gasteiger partial charge is 0.481 e. The maximum Gasteiger partial charge on any atom is 0.303 e. The number of carbonyl (C=O) groups excluding carboxylic acids is 1. The third-order valence-electron chi connectivity index (χ3n) is 3.65. The van der Waals surface area contributed by atoms with E-state index in [2.05, 4.69) is 12.2 Å². The van der Waals surface area contributed by atoms with Crippen molar-refractivity contribution >= 4 is 11.9 Å². The van der Waals surface area contributed by atoms with E-state index in [1.807, 2.05) is 6.92 Å². The smallest absolute Gasteiger partial charge is 0.303 e. The van der Waals surface area contributed by atoms with Gasteiger partial charge in [-0.1, -0.05) is 19.8 Å². The Labute approximate surface area is 108 Å². The average molecular weight is 256 g/mol. The Bertz CT molecular complexity index is 319. The van der Waals surface area contributed by atoms with Crippen molar-refractivity contribution in [2.75, 3.05) is 0 Å². The van der Waals surface area contributed by atoms with Crippen molar-refractivity contribution in [3.8, 4) is 0 Å². The van der Waals surface area contributed by atoms with Gasteiger partial charge >= 0.3 is 5.97 Å². The molecule has 5 nitrogen and oxygen atoms in total. The van der Waals surface area contributed by atoms with Crippen LogP contribution in [0, 0.1) is 5.92 Å². The number of amides is 1. The van der Waals surface area contributed by atoms with Crippen molar-refractivity contribution in [3.63, 3.8) is 0 Å². The predicted octanol–water partition coefficient (Wildman–Crippen LogP) is 1.26. The highest BCUT2D eigenvalue weighted by molar-refractivity contribution is 5.86. The van der Waals surface area contributed by atoms with Crippen molar-refractivity contribution in [2.45, 2.75) is 64.0 Å². The van der Waals surface area contributed by atoms with Crippen LogP contribution >= 0.6 is 0 Å². The van der Waals surface area contributed by atoms with Crippen LogP contribution in [0.5, 0.6) is 0 Å². The SMILES string of the molecule is CC1CCCC(N)(C(=O)NC(C)CCC(=O)O)C1. The molecular formula is C13H24N2O3. The van der Waals surface area contributed by atoms with Crippen molar-refractivity contribution in [3.05, 3.63) is 0 Å². The summed E-state index contributed by atoms with van der Waals surface area (Å²) in [6.07, 6.45) is 4.04. The Morgan fingerprint density at radius 2 is 2.22 bits per heavy atom. The van der Waals surface area contributed by atoms with Crippen LogP contribution in [0.25, 0.3) is 0 Å². The summed E-state index contributed by atoms with van der Waals surface area (Å²) in [6.45, 7) is 3.93. The minimum Gasteiger partial charge on any atom is -0.481 e. The van der Waals surface area contributed by atoms with Gasteiger partial charge in [0.15, 0.2) is 0 Å². The van der Waals surface area contributed by atoms with E-state index in [1.54, 1.807) is 0 Å². The molecule has 0 bridgehead atoms. The van der Waals surface area contributed by atoms with E-state index in [9.17, 15) is 9.59 Å². The van der Waals surface area contributed by atoms with Crippen molar-refractivity contribution in [1.29, 1.82) is 0 Å². The predicted molar refractivity (Wildman–Crippen MR) is 69.0 cm³/mol. The third kappa shape index (κ3) is 4.29. The molecule has 1 aliphatic rings. The quantitative estimate of drug-likeness (QED) is 0.690. The Hall–Kier alpha value is -1.10. The highest BCUT2D eigenvalue weighted by Crippen LogP contribution is 2.30. The van der Waals surface area contributed by atoms with Gasteiger partial charge in [-0.15, -0.1) is 0 Å². The van der Waals surface area contributed by atoms with Crippen molar-refractivity contribution < 1.29 is 14.7 Å². The number of hydrogen-bond acceptors (Lipinski definition) is 3. The van der Waals surface area contributed by atoms with Crippen molar-refractivity contribution in [2.24, 2.45) is 11.7 Å². The van der Waals surface area contributed by atoms with Gasteiger partial charge in [0.1, 0.15) is 0 Å². The minimum absolute atomic E-state index is 0.0649. The summed E-state index contributed by atoms with van der Waals surface area (Å²) in [5.41, 5.74) is 5.40. The minimum atomic E-state index is -0.843. The van der Waals surface area contributed by atoms with Gasteiger partial charge in [-0.2, -0.15) is 0 Å². The Kier molecular flexibility index (Phi) is 5.14. The molecule has 0 radical (unpaired) electrons. The second kappa shape index (κ2) is 6.18. The maximum atomic E-state index is 12.1. The number of rotatable bonds is 5. The number of nitrogens with one attached hydrogen (secondary N) is 1. The van der Waals surface area contributed by atoms with E-state index in [1.165, 1.54) is 0 Å². The molecule has 1 saturated carbocycles. The summed E-state index contributed by atoms with van der Waals surface area (Å²) in [7, 11) is 0. The van der Waals surface area contributed by atoms with Gasteiger partial charge in [0.25, 0.3) is 0 Å². The zero-order chi connectivity index (χ0) is 13.8. The first-order chi connectivity index (χ1) is 8.33. The molecule has 0 saturated heterocycles. The highest BCUT2D eigenvalue weighted by atomic mass is 16.4. The van der Waals surface area contributed by atoms with Gasteiger partial charge in [0.05, 0.1) is 5.54 Å². The summed E-state index contributed by atoms with van der Waals surface area (Å²) >= 11 is 0. The topological polar surface area (TPSA) is 92.4 Å². The van der Waals surface area contributed by atoms with Gasteiger partial charge in [-0.05, 0) is 32.1 Å². The molecule has 1 amide bonds. The first-order valence-electron chi connectivity index (χ1n) is 6.65. The molecular weight excluding hydrogens is 232 g/mol. The Morgan fingerprint density at radius 3 is 2.78 bits per heavy atom. The van der Waals surface area contributed by atoms with Crippen LogP contribution in [-0.2, 0) is 9.59 Å². The van der Waals surface area contributed by atoms with Crippen LogP contribution in [0.15, 0.2) is 0 Å². The molecule has 3 unspecified atom stereocenters. The fourth-order valence-corrected chi connectivity index (χ4v) is 2.58. The van der Waals surface area contributed by atoms with E-state index >= 15 is 0 Å². The van der Waals surface area contributed by atoms with Gasteiger partial charge in [-0.3, -0.25) is 9.59 Å². The van der Waals surface area contributed by atoms with E-state index in [0.717, 1.165) is 19.3 Å². The number of aliphatic carboxylic acids is 1. The lowest BCUT2D eigenvalue weighted by molar-refractivity contribution is -0.137. The third-order valence-corrected chi connectivity index (χ3v) is 3.65. The Balaban J connectivity index is 2.45. The lowest BCUT2D eigenvalue weighted by atomic mass is 9.76. The second-order valence-electron chi connectivity index (χ2n) is 5.66. The number of carboxylic acids is 1. The number of nitrogens with two attached hydrogens (primary N) is 1. The highest BCUT2D eigenvalue weighted by Gasteiger charge is 2.38. The monoisotopic (exact) mass is 256 g/mol. The summed E-state index contributed by atoms with van der Waals surface area (Å²) in [6, 6.07) is -0.147. The molecule has 18 heavy (non-hydrogen) atoms. The fraction of sp³-hybridized carbons (Fsp3) is 0.846. The van der Waals surface area contributed by atoms with Gasteiger partial charge in [-0.25, -0.2) is 0 Å². The van der Waals surface area contributed by atoms with Crippen LogP contribution in [0.4, 0.5) is 0 Å². The number of hydrogen-bond donors (Lipinski definition) is 3. The molecule has 0 aromatic carbocycles. The summed E-state index contributed by atoms with van der Waals surface area (Å²) < 4.78 is 0. The lowest BCUT2D eigenvalue weighted by Gasteiger charge is -2.36. The average Bonchev–Trinajstić information content (AvgIpc) is 2.26. The summed E-state index contributed by atoms with van der Waals surface area (Å²) in [5.74, 6) is -0.499. The standard InChI is InChI=1S/C13H24N2O3/c1-9-4-3-7-13(14,8-9)12(18)15-10(2)5-6-11(16)17/h9-10H,3-8,14H2,1-2H3,(H,15,18)(H,16,17).